The fourth-order valence-electron chi connectivity index (χ4n) is 2.09. The van der Waals surface area contributed by atoms with Crippen molar-refractivity contribution in [2.75, 3.05) is 6.54 Å². The van der Waals surface area contributed by atoms with E-state index in [0.29, 0.717) is 5.02 Å². The van der Waals surface area contributed by atoms with Crippen LogP contribution < -0.4 is 0 Å². The first-order valence-corrected chi connectivity index (χ1v) is 6.32. The van der Waals surface area contributed by atoms with Crippen LogP contribution in [0.1, 0.15) is 16.8 Å². The fourth-order valence-corrected chi connectivity index (χ4v) is 2.58. The van der Waals surface area contributed by atoms with E-state index in [9.17, 15) is 14.7 Å². The summed E-state index contributed by atoms with van der Waals surface area (Å²) >= 11 is 11.7. The zero-order valence-electron chi connectivity index (χ0n) is 9.72. The quantitative estimate of drug-likeness (QED) is 0.871. The van der Waals surface area contributed by atoms with Gasteiger partial charge in [-0.25, -0.2) is 4.79 Å². The molecule has 1 amide bonds. The van der Waals surface area contributed by atoms with E-state index in [4.69, 9.17) is 28.3 Å². The first kappa shape index (κ1) is 14.1. The standard InChI is InChI=1S/C12H11Cl2NO4/c13-6-1-2-8(9(14)3-6)11(17)15-5-7(16)4-10(15)12(18)19/h1-3,7,10,16H,4-5H2,(H,18,19). The molecular formula is C12H11Cl2NO4. The van der Waals surface area contributed by atoms with Crippen molar-refractivity contribution in [2.24, 2.45) is 0 Å². The number of nitrogens with zero attached hydrogens (tertiary/aromatic N) is 1. The summed E-state index contributed by atoms with van der Waals surface area (Å²) in [6.07, 6.45) is -0.817. The maximum absolute atomic E-state index is 12.3. The lowest BCUT2D eigenvalue weighted by Gasteiger charge is -2.21. The normalized spacial score (nSPS) is 22.6. The summed E-state index contributed by atoms with van der Waals surface area (Å²) in [4.78, 5) is 24.4. The van der Waals surface area contributed by atoms with Gasteiger partial charge in [0.05, 0.1) is 16.7 Å². The van der Waals surface area contributed by atoms with Crippen molar-refractivity contribution in [3.63, 3.8) is 0 Å². The fraction of sp³-hybridized carbons (Fsp3) is 0.333. The van der Waals surface area contributed by atoms with Gasteiger partial charge in [0.15, 0.2) is 0 Å². The SMILES string of the molecule is O=C(O)C1CC(O)CN1C(=O)c1ccc(Cl)cc1Cl. The first-order chi connectivity index (χ1) is 8.90. The summed E-state index contributed by atoms with van der Waals surface area (Å²) < 4.78 is 0. The van der Waals surface area contributed by atoms with Gasteiger partial charge in [-0.15, -0.1) is 0 Å². The Bertz CT molecular complexity index is 534. The molecule has 1 aliphatic rings. The maximum Gasteiger partial charge on any atom is 0.326 e. The summed E-state index contributed by atoms with van der Waals surface area (Å²) in [5, 5.41) is 19.1. The zero-order valence-corrected chi connectivity index (χ0v) is 11.2. The van der Waals surface area contributed by atoms with Gasteiger partial charge in [0.25, 0.3) is 5.91 Å². The van der Waals surface area contributed by atoms with E-state index < -0.39 is 24.0 Å². The number of carboxylic acids is 1. The topological polar surface area (TPSA) is 77.8 Å². The number of amides is 1. The van der Waals surface area contributed by atoms with Gasteiger partial charge in [0.1, 0.15) is 6.04 Å². The van der Waals surface area contributed by atoms with Crippen molar-refractivity contribution in [1.82, 2.24) is 4.90 Å². The Morgan fingerprint density at radius 1 is 1.32 bits per heavy atom. The number of likely N-dealkylation sites (tertiary alicyclic amines) is 1. The molecule has 2 atom stereocenters. The summed E-state index contributed by atoms with van der Waals surface area (Å²) in [6.45, 7) is -0.0191. The second-order valence-electron chi connectivity index (χ2n) is 4.33. The van der Waals surface area contributed by atoms with Crippen molar-refractivity contribution in [2.45, 2.75) is 18.6 Å². The van der Waals surface area contributed by atoms with Crippen LogP contribution in [0.25, 0.3) is 0 Å². The van der Waals surface area contributed by atoms with E-state index >= 15 is 0 Å². The van der Waals surface area contributed by atoms with Crippen molar-refractivity contribution in [1.29, 1.82) is 0 Å². The monoisotopic (exact) mass is 303 g/mol. The van der Waals surface area contributed by atoms with Crippen molar-refractivity contribution in [3.8, 4) is 0 Å². The van der Waals surface area contributed by atoms with Crippen molar-refractivity contribution >= 4 is 35.1 Å². The number of carbonyl (C=O) groups excluding carboxylic acids is 1. The molecule has 2 rings (SSSR count). The Kier molecular flexibility index (Phi) is 3.99. The molecule has 1 fully saturated rings. The van der Waals surface area contributed by atoms with Crippen LogP contribution in [-0.4, -0.2) is 45.7 Å². The summed E-state index contributed by atoms with van der Waals surface area (Å²) in [5.41, 5.74) is 0.173. The Labute approximate surface area is 119 Å². The zero-order chi connectivity index (χ0) is 14.2. The van der Waals surface area contributed by atoms with E-state index in [0.717, 1.165) is 4.90 Å². The van der Waals surface area contributed by atoms with Crippen molar-refractivity contribution < 1.29 is 19.8 Å². The Hall–Kier alpha value is -1.30. The number of benzene rings is 1. The molecule has 7 heteroatoms. The number of aliphatic hydroxyl groups excluding tert-OH is 1. The minimum absolute atomic E-state index is 0.0191. The number of hydrogen-bond donors (Lipinski definition) is 2. The molecule has 1 saturated heterocycles. The van der Waals surface area contributed by atoms with Crippen LogP contribution in [0.5, 0.6) is 0 Å². The molecule has 19 heavy (non-hydrogen) atoms. The van der Waals surface area contributed by atoms with Gasteiger partial charge in [-0.05, 0) is 18.2 Å². The minimum atomic E-state index is -1.14. The van der Waals surface area contributed by atoms with Crippen LogP contribution >= 0.6 is 23.2 Å². The second-order valence-corrected chi connectivity index (χ2v) is 5.17. The molecular weight excluding hydrogens is 293 g/mol. The lowest BCUT2D eigenvalue weighted by atomic mass is 10.1. The summed E-state index contributed by atoms with van der Waals surface area (Å²) in [6, 6.07) is 3.33. The average Bonchev–Trinajstić information content (AvgIpc) is 2.70. The number of carbonyl (C=O) groups is 2. The van der Waals surface area contributed by atoms with Crippen LogP contribution in [0.2, 0.25) is 10.0 Å². The molecule has 0 radical (unpaired) electrons. The molecule has 1 heterocycles. The Balaban J connectivity index is 2.30. The molecule has 2 N–H and O–H groups in total. The number of halogens is 2. The highest BCUT2D eigenvalue weighted by Crippen LogP contribution is 2.26. The van der Waals surface area contributed by atoms with Crippen LogP contribution in [0.15, 0.2) is 18.2 Å². The van der Waals surface area contributed by atoms with E-state index in [2.05, 4.69) is 0 Å². The lowest BCUT2D eigenvalue weighted by molar-refractivity contribution is -0.141. The van der Waals surface area contributed by atoms with Crippen LogP contribution in [0, 0.1) is 0 Å². The van der Waals surface area contributed by atoms with Crippen LogP contribution in [-0.2, 0) is 4.79 Å². The molecule has 1 aliphatic heterocycles. The average molecular weight is 304 g/mol. The van der Waals surface area contributed by atoms with Gasteiger partial charge < -0.3 is 15.1 Å². The molecule has 0 saturated carbocycles. The number of aliphatic hydroxyl groups is 1. The van der Waals surface area contributed by atoms with E-state index in [1.165, 1.54) is 18.2 Å². The third kappa shape index (κ3) is 2.83. The van der Waals surface area contributed by atoms with Crippen LogP contribution in [0.3, 0.4) is 0 Å². The highest BCUT2D eigenvalue weighted by Gasteiger charge is 2.39. The highest BCUT2D eigenvalue weighted by molar-refractivity contribution is 6.36. The number of aliphatic carboxylic acids is 1. The molecule has 1 aromatic rings. The van der Waals surface area contributed by atoms with Crippen molar-refractivity contribution in [3.05, 3.63) is 33.8 Å². The van der Waals surface area contributed by atoms with Gasteiger partial charge >= 0.3 is 5.97 Å². The van der Waals surface area contributed by atoms with E-state index in [-0.39, 0.29) is 23.6 Å². The third-order valence-corrected chi connectivity index (χ3v) is 3.53. The molecule has 5 nitrogen and oxygen atoms in total. The third-order valence-electron chi connectivity index (χ3n) is 2.99. The second kappa shape index (κ2) is 5.36. The first-order valence-electron chi connectivity index (χ1n) is 5.57. The molecule has 0 aromatic heterocycles. The van der Waals surface area contributed by atoms with Gasteiger partial charge in [0, 0.05) is 18.0 Å². The van der Waals surface area contributed by atoms with Gasteiger partial charge in [-0.1, -0.05) is 23.2 Å². The maximum atomic E-state index is 12.3. The predicted molar refractivity (Wildman–Crippen MR) is 69.5 cm³/mol. The number of β-amino-alcohol motifs (C(OH)–C–C–N with tert-alkyl or cyclic N) is 1. The predicted octanol–water partition coefficient (Wildman–Crippen LogP) is 1.65. The Morgan fingerprint density at radius 2 is 2.00 bits per heavy atom. The van der Waals surface area contributed by atoms with E-state index in [1.807, 2.05) is 0 Å². The molecule has 0 bridgehead atoms. The largest absolute Gasteiger partial charge is 0.480 e. The number of carboxylic acid groups (broad SMARTS) is 1. The number of hydrogen-bond acceptors (Lipinski definition) is 3. The molecule has 102 valence electrons. The van der Waals surface area contributed by atoms with Gasteiger partial charge in [-0.2, -0.15) is 0 Å². The summed E-state index contributed by atoms with van der Waals surface area (Å²) in [5.74, 6) is -1.67. The Morgan fingerprint density at radius 3 is 2.58 bits per heavy atom. The van der Waals surface area contributed by atoms with Gasteiger partial charge in [-0.3, -0.25) is 4.79 Å². The molecule has 1 aromatic carbocycles. The smallest absolute Gasteiger partial charge is 0.326 e. The van der Waals surface area contributed by atoms with E-state index in [1.54, 1.807) is 0 Å². The minimum Gasteiger partial charge on any atom is -0.480 e. The molecule has 0 aliphatic carbocycles. The molecule has 0 spiro atoms. The number of rotatable bonds is 2. The highest BCUT2D eigenvalue weighted by atomic mass is 35.5. The molecule has 2 unspecified atom stereocenters. The van der Waals surface area contributed by atoms with Crippen LogP contribution in [0.4, 0.5) is 0 Å². The van der Waals surface area contributed by atoms with Gasteiger partial charge in [0.2, 0.25) is 0 Å². The lowest BCUT2D eigenvalue weighted by Crippen LogP contribution is -2.40. The summed E-state index contributed by atoms with van der Waals surface area (Å²) in [7, 11) is 0.